The van der Waals surface area contributed by atoms with Crippen molar-refractivity contribution >= 4 is 33.3 Å². The predicted octanol–water partition coefficient (Wildman–Crippen LogP) is 4.64. The number of pyridine rings is 1. The van der Waals surface area contributed by atoms with E-state index in [2.05, 4.69) is 20.3 Å². The molecule has 1 aliphatic carbocycles. The molecule has 3 atom stereocenters. The van der Waals surface area contributed by atoms with Crippen molar-refractivity contribution < 1.29 is 28.5 Å². The van der Waals surface area contributed by atoms with Gasteiger partial charge in [-0.05, 0) is 46.1 Å². The van der Waals surface area contributed by atoms with Crippen molar-refractivity contribution in [1.29, 1.82) is 0 Å². The number of halogens is 3. The maximum absolute atomic E-state index is 14.3. The minimum atomic E-state index is -1.42. The van der Waals surface area contributed by atoms with E-state index in [4.69, 9.17) is 4.98 Å². The maximum atomic E-state index is 14.3. The molecule has 0 amide bonds. The number of nitrogens with one attached hydrogen (secondary N) is 1. The molecule has 2 fully saturated rings. The molecule has 6 rings (SSSR count). The van der Waals surface area contributed by atoms with E-state index in [1.165, 1.54) is 16.2 Å². The predicted molar refractivity (Wildman–Crippen MR) is 153 cm³/mol. The van der Waals surface area contributed by atoms with E-state index in [0.29, 0.717) is 40.7 Å². The van der Waals surface area contributed by atoms with Gasteiger partial charge >= 0.3 is 0 Å². The summed E-state index contributed by atoms with van der Waals surface area (Å²) >= 11 is 1.43. The van der Waals surface area contributed by atoms with Crippen molar-refractivity contribution in [2.24, 2.45) is 5.92 Å². The number of hydrogen-bond donors (Lipinski definition) is 4. The van der Waals surface area contributed by atoms with Gasteiger partial charge in [0.2, 0.25) is 5.95 Å². The first-order valence-corrected chi connectivity index (χ1v) is 14.6. The minimum absolute atomic E-state index is 0.0159. The van der Waals surface area contributed by atoms with Gasteiger partial charge in [0.1, 0.15) is 39.9 Å². The number of aliphatic hydroxyl groups is 3. The number of aliphatic hydroxyl groups excluding tert-OH is 2. The van der Waals surface area contributed by atoms with E-state index in [1.807, 2.05) is 6.07 Å². The highest BCUT2D eigenvalue weighted by Crippen LogP contribution is 2.45. The van der Waals surface area contributed by atoms with Gasteiger partial charge in [0.05, 0.1) is 27.3 Å². The van der Waals surface area contributed by atoms with Crippen LogP contribution in [0.25, 0.3) is 20.8 Å². The fraction of sp³-hybridized carbons (Fsp3) is 0.448. The largest absolute Gasteiger partial charge is 0.390 e. The minimum Gasteiger partial charge on any atom is -0.390 e. The zero-order valence-corrected chi connectivity index (χ0v) is 24.1. The number of rotatable bonds is 7. The summed E-state index contributed by atoms with van der Waals surface area (Å²) < 4.78 is 43.0. The second-order valence-electron chi connectivity index (χ2n) is 11.5. The number of piperidine rings is 1. The number of benzene rings is 1. The monoisotopic (exact) mass is 600 g/mol. The molecule has 0 spiro atoms. The highest BCUT2D eigenvalue weighted by molar-refractivity contribution is 7.21. The summed E-state index contributed by atoms with van der Waals surface area (Å²) in [6.07, 6.45) is 1.53. The maximum Gasteiger partial charge on any atom is 0.225 e. The van der Waals surface area contributed by atoms with Crippen molar-refractivity contribution in [3.8, 4) is 10.6 Å². The number of hydrogen-bond acceptors (Lipinski definition) is 10. The van der Waals surface area contributed by atoms with Crippen molar-refractivity contribution in [1.82, 2.24) is 19.9 Å². The van der Waals surface area contributed by atoms with Crippen LogP contribution < -0.4 is 10.2 Å². The fourth-order valence-corrected chi connectivity index (χ4v) is 6.68. The quantitative estimate of drug-likeness (QED) is 0.240. The summed E-state index contributed by atoms with van der Waals surface area (Å²) in [6, 6.07) is 3.10. The smallest absolute Gasteiger partial charge is 0.225 e. The molecule has 0 bridgehead atoms. The first-order chi connectivity index (χ1) is 19.9. The van der Waals surface area contributed by atoms with Crippen molar-refractivity contribution in [3.05, 3.63) is 58.8 Å². The van der Waals surface area contributed by atoms with Crippen molar-refractivity contribution in [2.45, 2.75) is 70.4 Å². The normalized spacial score (nSPS) is 21.3. The van der Waals surface area contributed by atoms with E-state index in [9.17, 15) is 28.5 Å². The highest BCUT2D eigenvalue weighted by atomic mass is 32.1. The summed E-state index contributed by atoms with van der Waals surface area (Å²) in [7, 11) is 0. The first-order valence-electron chi connectivity index (χ1n) is 13.8. The summed E-state index contributed by atoms with van der Waals surface area (Å²) in [4.78, 5) is 20.2. The van der Waals surface area contributed by atoms with E-state index >= 15 is 0 Å². The molecule has 4 aromatic rings. The molecule has 1 saturated carbocycles. The van der Waals surface area contributed by atoms with Crippen LogP contribution in [0, 0.1) is 30.3 Å². The van der Waals surface area contributed by atoms with Gasteiger partial charge < -0.3 is 25.5 Å². The average molecular weight is 601 g/mol. The van der Waals surface area contributed by atoms with Crippen LogP contribution in [0.15, 0.2) is 24.4 Å². The topological polar surface area (TPSA) is 128 Å². The Morgan fingerprint density at radius 3 is 2.45 bits per heavy atom. The molecule has 4 heterocycles. The van der Waals surface area contributed by atoms with Gasteiger partial charge in [-0.3, -0.25) is 4.98 Å². The number of aromatic nitrogens is 4. The van der Waals surface area contributed by atoms with Crippen LogP contribution in [0.2, 0.25) is 0 Å². The molecular formula is C29H31F3N6O3S. The van der Waals surface area contributed by atoms with Gasteiger partial charge in [-0.2, -0.15) is 4.98 Å². The number of thiazole rings is 1. The Labute approximate surface area is 244 Å². The average Bonchev–Trinajstić information content (AvgIpc) is 3.66. The van der Waals surface area contributed by atoms with Gasteiger partial charge in [-0.1, -0.05) is 0 Å². The zero-order valence-electron chi connectivity index (χ0n) is 23.3. The SMILES string of the molecule is Cc1nc(NCc2c(F)cc(F)cc2F)nc(N2CC[C@H](C(C)(C)O)[C@@H](O)[C@H]2O)c1-c1nc2c(C3CC3)nccc2s1. The molecule has 1 saturated heterocycles. The molecule has 3 aromatic heterocycles. The Balaban J connectivity index is 1.43. The number of anilines is 2. The van der Waals surface area contributed by atoms with E-state index in [-0.39, 0.29) is 30.4 Å². The molecular weight excluding hydrogens is 569 g/mol. The third kappa shape index (κ3) is 5.30. The molecule has 13 heteroatoms. The molecule has 1 aromatic carbocycles. The lowest BCUT2D eigenvalue weighted by molar-refractivity contribution is -0.108. The van der Waals surface area contributed by atoms with E-state index in [0.717, 1.165) is 28.8 Å². The van der Waals surface area contributed by atoms with Crippen LogP contribution in [0.1, 0.15) is 56.0 Å². The van der Waals surface area contributed by atoms with Crippen LogP contribution in [-0.2, 0) is 6.54 Å². The Kier molecular flexibility index (Phi) is 7.32. The molecule has 2 aliphatic rings. The first kappa shape index (κ1) is 28.7. The second-order valence-corrected chi connectivity index (χ2v) is 12.5. The van der Waals surface area contributed by atoms with Gasteiger partial charge in [0.25, 0.3) is 0 Å². The lowest BCUT2D eigenvalue weighted by Crippen LogP contribution is -2.57. The van der Waals surface area contributed by atoms with E-state index in [1.54, 1.807) is 27.0 Å². The summed E-state index contributed by atoms with van der Waals surface area (Å²) in [6.45, 7) is 4.80. The van der Waals surface area contributed by atoms with Crippen LogP contribution in [0.5, 0.6) is 0 Å². The van der Waals surface area contributed by atoms with Crippen LogP contribution in [-0.4, -0.2) is 59.7 Å². The molecule has 42 heavy (non-hydrogen) atoms. The van der Waals surface area contributed by atoms with Crippen LogP contribution >= 0.6 is 11.3 Å². The van der Waals surface area contributed by atoms with E-state index < -0.39 is 41.3 Å². The molecule has 0 unspecified atom stereocenters. The fourth-order valence-electron chi connectivity index (χ4n) is 5.62. The lowest BCUT2D eigenvalue weighted by atomic mass is 9.80. The number of fused-ring (bicyclic) bond motifs is 1. The molecule has 0 radical (unpaired) electrons. The third-order valence-corrected chi connectivity index (χ3v) is 9.05. The molecule has 4 N–H and O–H groups in total. The van der Waals surface area contributed by atoms with Crippen LogP contribution in [0.3, 0.4) is 0 Å². The Morgan fingerprint density at radius 2 is 1.79 bits per heavy atom. The summed E-state index contributed by atoms with van der Waals surface area (Å²) in [5.74, 6) is -3.05. The van der Waals surface area contributed by atoms with Gasteiger partial charge in [0, 0.05) is 48.8 Å². The van der Waals surface area contributed by atoms with Gasteiger partial charge in [0.15, 0.2) is 6.23 Å². The Morgan fingerprint density at radius 1 is 1.07 bits per heavy atom. The highest BCUT2D eigenvalue weighted by Gasteiger charge is 2.44. The Bertz CT molecular complexity index is 1630. The zero-order chi connectivity index (χ0) is 29.9. The molecule has 222 valence electrons. The van der Waals surface area contributed by atoms with Gasteiger partial charge in [-0.15, -0.1) is 11.3 Å². The molecule has 9 nitrogen and oxygen atoms in total. The van der Waals surface area contributed by atoms with Gasteiger partial charge in [-0.25, -0.2) is 23.1 Å². The third-order valence-electron chi connectivity index (χ3n) is 8.01. The standard InChI is InChI=1S/C29H31F3N6O3S/c1-13-21(26-36-23-20(42-26)6-8-33-22(23)14-4-5-14)25(38-9-7-17(29(2,3)41)24(39)27(38)40)37-28(35-13)34-12-16-18(31)10-15(30)11-19(16)32/h6,8,10-11,14,17,24,27,39-41H,4-5,7,9,12H2,1-3H3,(H,34,35,37)/t17-,24+,27+/m0/s1. The lowest BCUT2D eigenvalue weighted by Gasteiger charge is -2.45. The second kappa shape index (κ2) is 10.7. The summed E-state index contributed by atoms with van der Waals surface area (Å²) in [5.41, 5.74) is 1.15. The van der Waals surface area contributed by atoms with Crippen molar-refractivity contribution in [2.75, 3.05) is 16.8 Å². The molecule has 1 aliphatic heterocycles. The van der Waals surface area contributed by atoms with Crippen LogP contribution in [0.4, 0.5) is 24.9 Å². The number of aryl methyl sites for hydroxylation is 1. The number of nitrogens with zero attached hydrogens (tertiary/aromatic N) is 5. The van der Waals surface area contributed by atoms with Crippen molar-refractivity contribution in [3.63, 3.8) is 0 Å². The summed E-state index contributed by atoms with van der Waals surface area (Å²) in [5, 5.41) is 36.3. The Hall–Kier alpha value is -3.39.